The minimum atomic E-state index is -0.775. The minimum Gasteiger partial charge on any atom is -0.462 e. The summed E-state index contributed by atoms with van der Waals surface area (Å²) in [5, 5.41) is 0. The summed E-state index contributed by atoms with van der Waals surface area (Å²) in [4.78, 5) is 37.9. The molecule has 0 heterocycles. The number of carbonyl (C=O) groups excluding carboxylic acids is 3. The van der Waals surface area contributed by atoms with Gasteiger partial charge in [0, 0.05) is 19.3 Å². The molecule has 0 bridgehead atoms. The second-order valence-electron chi connectivity index (χ2n) is 17.8. The zero-order chi connectivity index (χ0) is 45.1. The normalized spacial score (nSPS) is 12.4. The fourth-order valence-corrected chi connectivity index (χ4v) is 7.50. The maximum atomic E-state index is 12.8. The monoisotopic (exact) mass is 869 g/mol. The maximum absolute atomic E-state index is 12.8. The molecule has 6 nitrogen and oxygen atoms in total. The van der Waals surface area contributed by atoms with E-state index in [9.17, 15) is 14.4 Å². The molecule has 0 amide bonds. The van der Waals surface area contributed by atoms with E-state index in [0.717, 1.165) is 77.0 Å². The molecule has 6 heteroatoms. The van der Waals surface area contributed by atoms with Gasteiger partial charge in [-0.1, -0.05) is 217 Å². The molecule has 0 rings (SSSR count). The van der Waals surface area contributed by atoms with E-state index in [1.165, 1.54) is 154 Å². The van der Waals surface area contributed by atoms with Crippen molar-refractivity contribution in [3.8, 4) is 0 Å². The number of rotatable bonds is 48. The Balaban J connectivity index is 4.28. The Morgan fingerprint density at radius 2 is 0.581 bits per heavy atom. The molecular formula is C56H100O6. The summed E-state index contributed by atoms with van der Waals surface area (Å²) in [6.45, 7) is 6.57. The van der Waals surface area contributed by atoms with E-state index in [2.05, 4.69) is 69.4 Å². The lowest BCUT2D eigenvalue weighted by atomic mass is 10.1. The third kappa shape index (κ3) is 48.4. The highest BCUT2D eigenvalue weighted by Gasteiger charge is 2.19. The smallest absolute Gasteiger partial charge is 0.306 e. The van der Waals surface area contributed by atoms with Crippen LogP contribution in [0.2, 0.25) is 0 Å². The Bertz CT molecular complexity index is 1090. The van der Waals surface area contributed by atoms with Gasteiger partial charge in [-0.3, -0.25) is 14.4 Å². The van der Waals surface area contributed by atoms with Crippen LogP contribution in [0, 0.1) is 0 Å². The first kappa shape index (κ1) is 59.4. The molecule has 62 heavy (non-hydrogen) atoms. The summed E-state index contributed by atoms with van der Waals surface area (Å²) in [5.74, 6) is -0.885. The Morgan fingerprint density at radius 1 is 0.323 bits per heavy atom. The second-order valence-corrected chi connectivity index (χ2v) is 17.8. The van der Waals surface area contributed by atoms with E-state index in [4.69, 9.17) is 14.2 Å². The van der Waals surface area contributed by atoms with Gasteiger partial charge < -0.3 is 14.2 Å². The van der Waals surface area contributed by atoms with E-state index in [-0.39, 0.29) is 31.1 Å². The average molecular weight is 869 g/mol. The fraction of sp³-hybridized carbons (Fsp3) is 0.804. The quantitative estimate of drug-likeness (QED) is 0.0262. The SMILES string of the molecule is CCCCC/C=C\C/C=C\CCCCCCCCCCCC(=O)OCC(COC(=O)CCCCCCCCCC)OC(=O)CCCCCCCCC/C=C\C/C=C\CCCCC. The third-order valence-corrected chi connectivity index (χ3v) is 11.6. The summed E-state index contributed by atoms with van der Waals surface area (Å²) in [7, 11) is 0. The van der Waals surface area contributed by atoms with Crippen LogP contribution in [0.3, 0.4) is 0 Å². The molecule has 0 aliphatic carbocycles. The van der Waals surface area contributed by atoms with Crippen LogP contribution in [-0.4, -0.2) is 37.2 Å². The Morgan fingerprint density at radius 3 is 0.919 bits per heavy atom. The minimum absolute atomic E-state index is 0.0760. The molecule has 0 aromatic heterocycles. The van der Waals surface area contributed by atoms with E-state index < -0.39 is 6.10 Å². The number of carbonyl (C=O) groups is 3. The largest absolute Gasteiger partial charge is 0.462 e. The molecule has 0 aromatic carbocycles. The Hall–Kier alpha value is -2.63. The molecule has 0 radical (unpaired) electrons. The molecule has 360 valence electrons. The van der Waals surface area contributed by atoms with E-state index in [1.54, 1.807) is 0 Å². The zero-order valence-electron chi connectivity index (χ0n) is 41.1. The molecular weight excluding hydrogens is 769 g/mol. The van der Waals surface area contributed by atoms with E-state index in [0.29, 0.717) is 19.3 Å². The van der Waals surface area contributed by atoms with Gasteiger partial charge in [0.05, 0.1) is 0 Å². The molecule has 0 aromatic rings. The van der Waals surface area contributed by atoms with Crippen LogP contribution in [0.15, 0.2) is 48.6 Å². The first-order valence-corrected chi connectivity index (χ1v) is 26.6. The second kappa shape index (κ2) is 51.0. The standard InChI is InChI=1S/C56H100O6/c1-4-7-10-13-16-19-21-23-25-27-28-30-31-33-35-37-40-43-46-49-55(58)61-52-53(51-60-54(57)48-45-42-39-18-15-12-9-6-3)62-56(59)50-47-44-41-38-36-34-32-29-26-24-22-20-17-14-11-8-5-2/h16-17,19-20,23-26,53H,4-15,18,21-22,27-52H2,1-3H3/b19-16-,20-17-,25-23-,26-24-. The number of hydrogen-bond donors (Lipinski definition) is 0. The molecule has 0 spiro atoms. The van der Waals surface area contributed by atoms with Gasteiger partial charge in [-0.15, -0.1) is 0 Å². The summed E-state index contributed by atoms with van der Waals surface area (Å²) >= 11 is 0. The highest BCUT2D eigenvalue weighted by Crippen LogP contribution is 2.15. The van der Waals surface area contributed by atoms with Crippen molar-refractivity contribution in [2.45, 2.75) is 277 Å². The lowest BCUT2D eigenvalue weighted by Crippen LogP contribution is -2.30. The van der Waals surface area contributed by atoms with Gasteiger partial charge in [0.15, 0.2) is 6.10 Å². The average Bonchev–Trinajstić information content (AvgIpc) is 3.27. The number of allylic oxidation sites excluding steroid dienone is 8. The van der Waals surface area contributed by atoms with Crippen molar-refractivity contribution in [3.63, 3.8) is 0 Å². The molecule has 0 aliphatic rings. The van der Waals surface area contributed by atoms with Crippen molar-refractivity contribution in [3.05, 3.63) is 48.6 Å². The zero-order valence-corrected chi connectivity index (χ0v) is 41.1. The van der Waals surface area contributed by atoms with Crippen LogP contribution < -0.4 is 0 Å². The molecule has 1 atom stereocenters. The van der Waals surface area contributed by atoms with Gasteiger partial charge in [0.2, 0.25) is 0 Å². The summed E-state index contributed by atoms with van der Waals surface area (Å²) in [6, 6.07) is 0. The van der Waals surface area contributed by atoms with Gasteiger partial charge in [0.25, 0.3) is 0 Å². The maximum Gasteiger partial charge on any atom is 0.306 e. The lowest BCUT2D eigenvalue weighted by Gasteiger charge is -2.18. The highest BCUT2D eigenvalue weighted by molar-refractivity contribution is 5.71. The molecule has 0 fully saturated rings. The van der Waals surface area contributed by atoms with Crippen molar-refractivity contribution in [2.24, 2.45) is 0 Å². The van der Waals surface area contributed by atoms with Crippen molar-refractivity contribution >= 4 is 17.9 Å². The van der Waals surface area contributed by atoms with Crippen LogP contribution in [-0.2, 0) is 28.6 Å². The topological polar surface area (TPSA) is 78.9 Å². The molecule has 0 N–H and O–H groups in total. The van der Waals surface area contributed by atoms with Gasteiger partial charge >= 0.3 is 17.9 Å². The van der Waals surface area contributed by atoms with Crippen LogP contribution in [0.4, 0.5) is 0 Å². The Kier molecular flexibility index (Phi) is 48.8. The van der Waals surface area contributed by atoms with Crippen molar-refractivity contribution < 1.29 is 28.6 Å². The fourth-order valence-electron chi connectivity index (χ4n) is 7.50. The molecule has 0 saturated carbocycles. The summed E-state index contributed by atoms with van der Waals surface area (Å²) in [6.07, 6.45) is 61.0. The van der Waals surface area contributed by atoms with Crippen LogP contribution >= 0.6 is 0 Å². The van der Waals surface area contributed by atoms with E-state index in [1.807, 2.05) is 0 Å². The van der Waals surface area contributed by atoms with Crippen molar-refractivity contribution in [1.29, 1.82) is 0 Å². The van der Waals surface area contributed by atoms with Crippen LogP contribution in [0.1, 0.15) is 271 Å². The van der Waals surface area contributed by atoms with Gasteiger partial charge in [-0.25, -0.2) is 0 Å². The van der Waals surface area contributed by atoms with Gasteiger partial charge in [-0.2, -0.15) is 0 Å². The number of hydrogen-bond acceptors (Lipinski definition) is 6. The highest BCUT2D eigenvalue weighted by atomic mass is 16.6. The predicted octanol–water partition coefficient (Wildman–Crippen LogP) is 17.5. The first-order valence-electron chi connectivity index (χ1n) is 26.6. The number of unbranched alkanes of at least 4 members (excludes halogenated alkanes) is 29. The summed E-state index contributed by atoms with van der Waals surface area (Å²) < 4.78 is 16.8. The van der Waals surface area contributed by atoms with Crippen molar-refractivity contribution in [1.82, 2.24) is 0 Å². The first-order chi connectivity index (χ1) is 30.5. The Labute approximate surface area is 384 Å². The van der Waals surface area contributed by atoms with Gasteiger partial charge in [-0.05, 0) is 83.5 Å². The molecule has 1 unspecified atom stereocenters. The number of ether oxygens (including phenoxy) is 3. The summed E-state index contributed by atoms with van der Waals surface area (Å²) in [5.41, 5.74) is 0. The van der Waals surface area contributed by atoms with Gasteiger partial charge in [0.1, 0.15) is 13.2 Å². The third-order valence-electron chi connectivity index (χ3n) is 11.6. The molecule has 0 saturated heterocycles. The predicted molar refractivity (Wildman–Crippen MR) is 265 cm³/mol. The van der Waals surface area contributed by atoms with Crippen LogP contribution in [0.25, 0.3) is 0 Å². The van der Waals surface area contributed by atoms with E-state index >= 15 is 0 Å². The lowest BCUT2D eigenvalue weighted by molar-refractivity contribution is -0.167. The number of esters is 3. The molecule has 0 aliphatic heterocycles. The van der Waals surface area contributed by atoms with Crippen molar-refractivity contribution in [2.75, 3.05) is 13.2 Å². The van der Waals surface area contributed by atoms with Crippen LogP contribution in [0.5, 0.6) is 0 Å².